The van der Waals surface area contributed by atoms with Crippen molar-refractivity contribution >= 4 is 17.0 Å². The van der Waals surface area contributed by atoms with Crippen molar-refractivity contribution in [2.24, 2.45) is 0 Å². The molecule has 2 N–H and O–H groups in total. The smallest absolute Gasteiger partial charge is 0.201 e. The van der Waals surface area contributed by atoms with Gasteiger partial charge < -0.3 is 19.5 Å². The largest absolute Gasteiger partial charge is 0.494 e. The summed E-state index contributed by atoms with van der Waals surface area (Å²) in [6.45, 7) is 2.31. The van der Waals surface area contributed by atoms with Crippen LogP contribution in [-0.4, -0.2) is 16.7 Å². The van der Waals surface area contributed by atoms with Gasteiger partial charge in [-0.15, -0.1) is 0 Å². The van der Waals surface area contributed by atoms with Crippen molar-refractivity contribution in [3.63, 3.8) is 0 Å². The predicted octanol–water partition coefficient (Wildman–Crippen LogP) is 2.72. The lowest BCUT2D eigenvalue weighted by atomic mass is 10.3. The van der Waals surface area contributed by atoms with Gasteiger partial charge in [-0.1, -0.05) is 0 Å². The highest BCUT2D eigenvalue weighted by Gasteiger charge is 2.14. The molecule has 3 rings (SSSR count). The highest BCUT2D eigenvalue weighted by molar-refractivity contribution is 5.80. The van der Waals surface area contributed by atoms with Crippen LogP contribution >= 0.6 is 0 Å². The van der Waals surface area contributed by atoms with Crippen LogP contribution in [0.15, 0.2) is 28.7 Å². The lowest BCUT2D eigenvalue weighted by Crippen LogP contribution is -2.04. The van der Waals surface area contributed by atoms with E-state index in [9.17, 15) is 4.39 Å². The van der Waals surface area contributed by atoms with E-state index in [-0.39, 0.29) is 5.75 Å². The Bertz CT molecular complexity index is 776. The SMILES string of the molecule is COc1cc2c(cc1F)nc(N)n2Cc1ccc(C)o1. The maximum Gasteiger partial charge on any atom is 0.201 e. The molecule has 0 atom stereocenters. The summed E-state index contributed by atoms with van der Waals surface area (Å²) in [5, 5.41) is 0. The molecule has 0 unspecified atom stereocenters. The lowest BCUT2D eigenvalue weighted by molar-refractivity contribution is 0.387. The third kappa shape index (κ3) is 1.99. The average molecular weight is 275 g/mol. The van der Waals surface area contributed by atoms with Crippen molar-refractivity contribution in [1.82, 2.24) is 9.55 Å². The third-order valence-corrected chi connectivity index (χ3v) is 3.16. The first-order chi connectivity index (χ1) is 9.58. The van der Waals surface area contributed by atoms with Gasteiger partial charge in [0.15, 0.2) is 11.6 Å². The van der Waals surface area contributed by atoms with Crippen molar-refractivity contribution in [1.29, 1.82) is 0 Å². The summed E-state index contributed by atoms with van der Waals surface area (Å²) < 4.78 is 25.9. The molecule has 0 fully saturated rings. The van der Waals surface area contributed by atoms with Gasteiger partial charge in [-0.25, -0.2) is 9.37 Å². The fourth-order valence-electron chi connectivity index (χ4n) is 2.19. The van der Waals surface area contributed by atoms with Crippen molar-refractivity contribution in [3.8, 4) is 5.75 Å². The standard InChI is InChI=1S/C14H14FN3O2/c1-8-3-4-9(20-8)7-18-12-6-13(19-2)10(15)5-11(12)17-14(18)16/h3-6H,7H2,1-2H3,(H2,16,17). The molecule has 0 bridgehead atoms. The Balaban J connectivity index is 2.11. The number of ether oxygens (including phenoxy) is 1. The van der Waals surface area contributed by atoms with Crippen molar-refractivity contribution in [2.45, 2.75) is 13.5 Å². The van der Waals surface area contributed by atoms with Crippen molar-refractivity contribution in [2.75, 3.05) is 12.8 Å². The van der Waals surface area contributed by atoms with Crippen LogP contribution in [0.4, 0.5) is 10.3 Å². The molecule has 0 amide bonds. The van der Waals surface area contributed by atoms with Crippen LogP contribution in [0.3, 0.4) is 0 Å². The van der Waals surface area contributed by atoms with Crippen LogP contribution in [0.25, 0.3) is 11.0 Å². The number of nitrogens with zero attached hydrogens (tertiary/aromatic N) is 2. The van der Waals surface area contributed by atoms with E-state index in [0.717, 1.165) is 11.5 Å². The normalized spacial score (nSPS) is 11.2. The number of hydrogen-bond donors (Lipinski definition) is 1. The maximum atomic E-state index is 13.7. The summed E-state index contributed by atoms with van der Waals surface area (Å²) >= 11 is 0. The Kier molecular flexibility index (Phi) is 2.85. The summed E-state index contributed by atoms with van der Waals surface area (Å²) in [5.41, 5.74) is 7.09. The van der Waals surface area contributed by atoms with E-state index in [1.165, 1.54) is 13.2 Å². The molecule has 2 heterocycles. The van der Waals surface area contributed by atoms with Gasteiger partial charge in [0.2, 0.25) is 5.95 Å². The highest BCUT2D eigenvalue weighted by atomic mass is 19.1. The first-order valence-corrected chi connectivity index (χ1v) is 6.13. The topological polar surface area (TPSA) is 66.2 Å². The third-order valence-electron chi connectivity index (χ3n) is 3.16. The quantitative estimate of drug-likeness (QED) is 0.798. The van der Waals surface area contributed by atoms with E-state index in [1.54, 1.807) is 10.6 Å². The zero-order valence-electron chi connectivity index (χ0n) is 11.2. The second kappa shape index (κ2) is 4.56. The highest BCUT2D eigenvalue weighted by Crippen LogP contribution is 2.27. The molecule has 0 aliphatic rings. The van der Waals surface area contributed by atoms with Crippen molar-refractivity contribution < 1.29 is 13.5 Å². The molecule has 0 saturated carbocycles. The fourth-order valence-corrected chi connectivity index (χ4v) is 2.19. The number of methoxy groups -OCH3 is 1. The summed E-state index contributed by atoms with van der Waals surface area (Å²) in [4.78, 5) is 4.16. The Labute approximate surface area is 114 Å². The number of aryl methyl sites for hydroxylation is 1. The molecule has 6 heteroatoms. The molecule has 104 valence electrons. The minimum atomic E-state index is -0.460. The number of imidazole rings is 1. The number of rotatable bonds is 3. The van der Waals surface area contributed by atoms with Gasteiger partial charge >= 0.3 is 0 Å². The Morgan fingerprint density at radius 3 is 2.85 bits per heavy atom. The van der Waals surface area contributed by atoms with Crippen LogP contribution in [0.5, 0.6) is 5.75 Å². The number of benzene rings is 1. The summed E-state index contributed by atoms with van der Waals surface area (Å²) in [5.74, 6) is 1.60. The van der Waals surface area contributed by atoms with E-state index in [2.05, 4.69) is 4.98 Å². The van der Waals surface area contributed by atoms with Gasteiger partial charge in [-0.2, -0.15) is 0 Å². The number of fused-ring (bicyclic) bond motifs is 1. The zero-order valence-corrected chi connectivity index (χ0v) is 11.2. The Hall–Kier alpha value is -2.50. The van der Waals surface area contributed by atoms with E-state index >= 15 is 0 Å². The summed E-state index contributed by atoms with van der Waals surface area (Å²) in [6, 6.07) is 6.66. The molecule has 0 radical (unpaired) electrons. The minimum absolute atomic E-state index is 0.161. The maximum absolute atomic E-state index is 13.7. The zero-order chi connectivity index (χ0) is 14.3. The molecule has 3 aromatic rings. The van der Waals surface area contributed by atoms with Gasteiger partial charge in [0.25, 0.3) is 0 Å². The van der Waals surface area contributed by atoms with Crippen LogP contribution in [0.1, 0.15) is 11.5 Å². The number of nitrogens with two attached hydrogens (primary N) is 1. The number of halogens is 1. The van der Waals surface area contributed by atoms with E-state index in [1.807, 2.05) is 19.1 Å². The van der Waals surface area contributed by atoms with Crippen molar-refractivity contribution in [3.05, 3.63) is 41.6 Å². The fraction of sp³-hybridized carbons (Fsp3) is 0.214. The molecule has 1 aromatic carbocycles. The molecule has 0 saturated heterocycles. The second-order valence-electron chi connectivity index (χ2n) is 4.54. The van der Waals surface area contributed by atoms with Crippen LogP contribution in [0.2, 0.25) is 0 Å². The lowest BCUT2D eigenvalue weighted by Gasteiger charge is -2.06. The summed E-state index contributed by atoms with van der Waals surface area (Å²) in [7, 11) is 1.42. The number of anilines is 1. The monoisotopic (exact) mass is 275 g/mol. The first-order valence-electron chi connectivity index (χ1n) is 6.13. The Morgan fingerprint density at radius 2 is 2.20 bits per heavy atom. The molecule has 2 aromatic heterocycles. The summed E-state index contributed by atoms with van der Waals surface area (Å²) in [6.07, 6.45) is 0. The number of aromatic nitrogens is 2. The van der Waals surface area contributed by atoms with E-state index < -0.39 is 5.82 Å². The first kappa shape index (κ1) is 12.5. The molecular weight excluding hydrogens is 261 g/mol. The molecule has 0 aliphatic heterocycles. The van der Waals surface area contributed by atoms with Crippen LogP contribution in [-0.2, 0) is 6.54 Å². The molecule has 5 nitrogen and oxygen atoms in total. The van der Waals surface area contributed by atoms with Gasteiger partial charge in [0.05, 0.1) is 24.7 Å². The van der Waals surface area contributed by atoms with Gasteiger partial charge in [-0.3, -0.25) is 0 Å². The van der Waals surface area contributed by atoms with Crippen LogP contribution in [0, 0.1) is 12.7 Å². The Morgan fingerprint density at radius 1 is 1.40 bits per heavy atom. The number of furan rings is 1. The van der Waals surface area contributed by atoms with Gasteiger partial charge in [0.1, 0.15) is 11.5 Å². The van der Waals surface area contributed by atoms with Crippen LogP contribution < -0.4 is 10.5 Å². The molecule has 0 spiro atoms. The molecule has 0 aliphatic carbocycles. The minimum Gasteiger partial charge on any atom is -0.494 e. The van der Waals surface area contributed by atoms with E-state index in [0.29, 0.717) is 23.5 Å². The number of nitrogen functional groups attached to an aromatic ring is 1. The second-order valence-corrected chi connectivity index (χ2v) is 4.54. The average Bonchev–Trinajstić information content (AvgIpc) is 2.94. The molecule has 20 heavy (non-hydrogen) atoms. The van der Waals surface area contributed by atoms with Gasteiger partial charge in [-0.05, 0) is 19.1 Å². The van der Waals surface area contributed by atoms with Gasteiger partial charge in [0, 0.05) is 12.1 Å². The predicted molar refractivity (Wildman–Crippen MR) is 73.2 cm³/mol. The van der Waals surface area contributed by atoms with E-state index in [4.69, 9.17) is 14.9 Å². The number of hydrogen-bond acceptors (Lipinski definition) is 4. The molecular formula is C14H14FN3O2.